The molecule has 0 saturated carbocycles. The third-order valence-electron chi connectivity index (χ3n) is 3.16. The van der Waals surface area contributed by atoms with Crippen LogP contribution in [-0.4, -0.2) is 11.6 Å². The lowest BCUT2D eigenvalue weighted by Gasteiger charge is -2.10. The average molecular weight is 228 g/mol. The zero-order valence-corrected chi connectivity index (χ0v) is 10.6. The molecular formula is C15H16O2. The molecule has 0 atom stereocenters. The van der Waals surface area contributed by atoms with Crippen molar-refractivity contribution in [1.29, 1.82) is 0 Å². The summed E-state index contributed by atoms with van der Waals surface area (Å²) in [5.74, 6) is 0.162. The number of allylic oxidation sites excluding steroid dienone is 2. The molecule has 2 rings (SSSR count). The van der Waals surface area contributed by atoms with Crippen LogP contribution in [0.3, 0.4) is 0 Å². The van der Waals surface area contributed by atoms with E-state index in [1.165, 1.54) is 0 Å². The van der Waals surface area contributed by atoms with E-state index in [9.17, 15) is 9.59 Å². The molecule has 0 fully saturated rings. The van der Waals surface area contributed by atoms with Crippen molar-refractivity contribution in [3.05, 3.63) is 40.5 Å². The Bertz CT molecular complexity index is 548. The van der Waals surface area contributed by atoms with Crippen LogP contribution in [0, 0.1) is 12.8 Å². The molecule has 1 aromatic carbocycles. The fourth-order valence-corrected chi connectivity index (χ4v) is 2.25. The fraction of sp³-hybridized carbons (Fsp3) is 0.333. The summed E-state index contributed by atoms with van der Waals surface area (Å²) in [6.07, 6.45) is 1.64. The van der Waals surface area contributed by atoms with Crippen LogP contribution in [0.25, 0.3) is 5.57 Å². The van der Waals surface area contributed by atoms with E-state index < -0.39 is 0 Å². The largest absolute Gasteiger partial charge is 0.294 e. The molecule has 0 saturated heterocycles. The minimum absolute atomic E-state index is 0.0196. The highest BCUT2D eigenvalue weighted by atomic mass is 16.1. The summed E-state index contributed by atoms with van der Waals surface area (Å²) in [5.41, 5.74) is 4.22. The molecule has 17 heavy (non-hydrogen) atoms. The van der Waals surface area contributed by atoms with Crippen molar-refractivity contribution in [1.82, 2.24) is 0 Å². The Hall–Kier alpha value is -1.70. The topological polar surface area (TPSA) is 34.1 Å². The normalized spacial score (nSPS) is 13.9. The number of hydrogen-bond donors (Lipinski definition) is 0. The summed E-state index contributed by atoms with van der Waals surface area (Å²) in [6, 6.07) is 3.67. The van der Waals surface area contributed by atoms with Crippen molar-refractivity contribution < 1.29 is 9.59 Å². The summed E-state index contributed by atoms with van der Waals surface area (Å²) in [4.78, 5) is 23.7. The highest BCUT2D eigenvalue weighted by molar-refractivity contribution is 6.17. The van der Waals surface area contributed by atoms with Crippen LogP contribution in [-0.2, 0) is 0 Å². The summed E-state index contributed by atoms with van der Waals surface area (Å²) < 4.78 is 0. The van der Waals surface area contributed by atoms with Gasteiger partial charge in [-0.1, -0.05) is 13.8 Å². The SMILES string of the molecule is CC1=CC(=O)c2c(C)cc(C(=O)C(C)C)cc21. The van der Waals surface area contributed by atoms with Crippen molar-refractivity contribution in [2.75, 3.05) is 0 Å². The predicted molar refractivity (Wildman–Crippen MR) is 68.3 cm³/mol. The van der Waals surface area contributed by atoms with Gasteiger partial charge < -0.3 is 0 Å². The quantitative estimate of drug-likeness (QED) is 0.727. The Morgan fingerprint density at radius 3 is 2.41 bits per heavy atom. The lowest BCUT2D eigenvalue weighted by molar-refractivity contribution is 0.0938. The van der Waals surface area contributed by atoms with Crippen LogP contribution in [0.5, 0.6) is 0 Å². The van der Waals surface area contributed by atoms with E-state index in [2.05, 4.69) is 0 Å². The lowest BCUT2D eigenvalue weighted by Crippen LogP contribution is -2.09. The van der Waals surface area contributed by atoms with Crippen molar-refractivity contribution in [3.8, 4) is 0 Å². The second kappa shape index (κ2) is 3.95. The zero-order valence-electron chi connectivity index (χ0n) is 10.6. The van der Waals surface area contributed by atoms with Crippen molar-refractivity contribution in [2.45, 2.75) is 27.7 Å². The first-order valence-electron chi connectivity index (χ1n) is 5.83. The third kappa shape index (κ3) is 1.84. The fourth-order valence-electron chi connectivity index (χ4n) is 2.25. The first-order valence-corrected chi connectivity index (χ1v) is 5.83. The molecule has 1 aromatic rings. The highest BCUT2D eigenvalue weighted by Crippen LogP contribution is 2.31. The average Bonchev–Trinajstić information content (AvgIpc) is 2.53. The maximum Gasteiger partial charge on any atom is 0.186 e. The first kappa shape index (κ1) is 11.8. The number of hydrogen-bond acceptors (Lipinski definition) is 2. The molecule has 1 aliphatic rings. The minimum atomic E-state index is -0.0196. The monoisotopic (exact) mass is 228 g/mol. The third-order valence-corrected chi connectivity index (χ3v) is 3.16. The smallest absolute Gasteiger partial charge is 0.186 e. The van der Waals surface area contributed by atoms with Gasteiger partial charge in [-0.15, -0.1) is 0 Å². The Morgan fingerprint density at radius 1 is 1.18 bits per heavy atom. The van der Waals surface area contributed by atoms with Gasteiger partial charge in [-0.05, 0) is 48.8 Å². The van der Waals surface area contributed by atoms with Crippen molar-refractivity contribution in [3.63, 3.8) is 0 Å². The van der Waals surface area contributed by atoms with Gasteiger partial charge in [0.15, 0.2) is 11.6 Å². The molecule has 0 aromatic heterocycles. The molecule has 0 amide bonds. The number of carbonyl (C=O) groups is 2. The zero-order chi connectivity index (χ0) is 12.7. The summed E-state index contributed by atoms with van der Waals surface area (Å²) in [5, 5.41) is 0. The maximum absolute atomic E-state index is 12.0. The van der Waals surface area contributed by atoms with Gasteiger partial charge in [0.2, 0.25) is 0 Å². The van der Waals surface area contributed by atoms with Crippen LogP contribution in [0.2, 0.25) is 0 Å². The molecule has 0 aliphatic heterocycles. The summed E-state index contributed by atoms with van der Waals surface area (Å²) >= 11 is 0. The van der Waals surface area contributed by atoms with Crippen molar-refractivity contribution >= 4 is 17.1 Å². The number of carbonyl (C=O) groups excluding carboxylic acids is 2. The second-order valence-electron chi connectivity index (χ2n) is 4.93. The molecule has 0 unspecified atom stereocenters. The summed E-state index contributed by atoms with van der Waals surface area (Å²) in [7, 11) is 0. The molecule has 0 radical (unpaired) electrons. The van der Waals surface area contributed by atoms with Crippen molar-refractivity contribution in [2.24, 2.45) is 5.92 Å². The Balaban J connectivity index is 2.60. The van der Waals surface area contributed by atoms with Gasteiger partial charge in [0.25, 0.3) is 0 Å². The van der Waals surface area contributed by atoms with E-state index >= 15 is 0 Å². The lowest BCUT2D eigenvalue weighted by atomic mass is 9.93. The molecule has 0 spiro atoms. The number of ketones is 2. The molecule has 2 nitrogen and oxygen atoms in total. The van der Waals surface area contributed by atoms with E-state index in [1.54, 1.807) is 6.08 Å². The standard InChI is InChI=1S/C15H16O2/c1-8(2)15(17)11-5-10(4)14-12(7-11)9(3)6-13(14)16/h5-8H,1-4H3. The Labute approximate surface area is 101 Å². The summed E-state index contributed by atoms with van der Waals surface area (Å²) in [6.45, 7) is 7.57. The first-order chi connectivity index (χ1) is 7.91. The number of rotatable bonds is 2. The van der Waals surface area contributed by atoms with Crippen LogP contribution in [0.4, 0.5) is 0 Å². The number of fused-ring (bicyclic) bond motifs is 1. The Morgan fingerprint density at radius 2 is 1.82 bits per heavy atom. The number of aryl methyl sites for hydroxylation is 1. The van der Waals surface area contributed by atoms with Gasteiger partial charge >= 0.3 is 0 Å². The molecule has 1 aliphatic carbocycles. The molecular weight excluding hydrogens is 212 g/mol. The van der Waals surface area contributed by atoms with E-state index in [0.717, 1.165) is 22.3 Å². The van der Waals surface area contributed by atoms with E-state index in [1.807, 2.05) is 39.8 Å². The maximum atomic E-state index is 12.0. The highest BCUT2D eigenvalue weighted by Gasteiger charge is 2.23. The van der Waals surface area contributed by atoms with Gasteiger partial charge in [0.05, 0.1) is 0 Å². The van der Waals surface area contributed by atoms with E-state index in [-0.39, 0.29) is 17.5 Å². The molecule has 2 heteroatoms. The van der Waals surface area contributed by atoms with Crippen LogP contribution in [0.15, 0.2) is 18.2 Å². The predicted octanol–water partition coefficient (Wildman–Crippen LogP) is 3.43. The van der Waals surface area contributed by atoms with E-state index in [4.69, 9.17) is 0 Å². The molecule has 88 valence electrons. The minimum Gasteiger partial charge on any atom is -0.294 e. The van der Waals surface area contributed by atoms with Crippen LogP contribution < -0.4 is 0 Å². The number of benzene rings is 1. The second-order valence-corrected chi connectivity index (χ2v) is 4.93. The Kier molecular flexibility index (Phi) is 2.74. The molecule has 0 heterocycles. The van der Waals surface area contributed by atoms with E-state index in [0.29, 0.717) is 5.56 Å². The molecule has 0 bridgehead atoms. The van der Waals surface area contributed by atoms with Gasteiger partial charge in [-0.2, -0.15) is 0 Å². The van der Waals surface area contributed by atoms with Gasteiger partial charge in [0.1, 0.15) is 0 Å². The number of Topliss-reactive ketones (excluding diaryl/α,β-unsaturated/α-hetero) is 1. The van der Waals surface area contributed by atoms with Crippen LogP contribution in [0.1, 0.15) is 52.6 Å². The van der Waals surface area contributed by atoms with Crippen LogP contribution >= 0.6 is 0 Å². The van der Waals surface area contributed by atoms with Gasteiger partial charge in [-0.25, -0.2) is 0 Å². The van der Waals surface area contributed by atoms with Gasteiger partial charge in [-0.3, -0.25) is 9.59 Å². The molecule has 0 N–H and O–H groups in total. The van der Waals surface area contributed by atoms with Gasteiger partial charge in [0, 0.05) is 17.0 Å².